The lowest BCUT2D eigenvalue weighted by atomic mass is 10.2. The predicted molar refractivity (Wildman–Crippen MR) is 121 cm³/mol. The number of hydrogen-bond donors (Lipinski definition) is 1. The molecule has 2 aromatic rings. The lowest BCUT2D eigenvalue weighted by Gasteiger charge is -2.12. The number of carbonyl (C=O) groups is 1. The highest BCUT2D eigenvalue weighted by Gasteiger charge is 2.10. The van der Waals surface area contributed by atoms with E-state index >= 15 is 0 Å². The van der Waals surface area contributed by atoms with E-state index in [2.05, 4.69) is 33.0 Å². The predicted octanol–water partition coefficient (Wildman–Crippen LogP) is 4.20. The first-order valence-electron chi connectivity index (χ1n) is 8.86. The van der Waals surface area contributed by atoms with Crippen LogP contribution in [0.15, 0.2) is 58.6 Å². The molecule has 1 amide bonds. The minimum atomic E-state index is -0.377. The minimum absolute atomic E-state index is 0.352. The summed E-state index contributed by atoms with van der Waals surface area (Å²) in [5.41, 5.74) is 3.95. The minimum Gasteiger partial charge on any atom is -0.493 e. The Kier molecular flexibility index (Phi) is 8.96. The monoisotopic (exact) mass is 474 g/mol. The van der Waals surface area contributed by atoms with E-state index < -0.39 is 0 Å². The summed E-state index contributed by atoms with van der Waals surface area (Å²) in [6, 6.07) is 8.90. The van der Waals surface area contributed by atoms with Crippen molar-refractivity contribution in [2.24, 2.45) is 5.10 Å². The summed E-state index contributed by atoms with van der Waals surface area (Å²) >= 11 is 3.44. The van der Waals surface area contributed by atoms with Gasteiger partial charge < -0.3 is 18.9 Å². The molecule has 1 N–H and O–H groups in total. The quantitative estimate of drug-likeness (QED) is 0.241. The van der Waals surface area contributed by atoms with E-state index in [0.29, 0.717) is 39.6 Å². The van der Waals surface area contributed by atoms with Gasteiger partial charge in [0.1, 0.15) is 6.61 Å². The molecule has 0 bridgehead atoms. The van der Waals surface area contributed by atoms with Crippen LogP contribution in [0.2, 0.25) is 0 Å². The van der Waals surface area contributed by atoms with Crippen LogP contribution in [0.4, 0.5) is 0 Å². The molecule has 0 radical (unpaired) electrons. The maximum atomic E-state index is 12.0. The van der Waals surface area contributed by atoms with Gasteiger partial charge in [-0.1, -0.05) is 18.7 Å². The number of rotatable bonds is 10. The Bertz CT molecular complexity index is 957. The molecule has 7 nitrogen and oxygen atoms in total. The van der Waals surface area contributed by atoms with E-state index in [-0.39, 0.29) is 5.91 Å². The summed E-state index contributed by atoms with van der Waals surface area (Å²) in [6.07, 6.45) is 6.18. The molecule has 0 saturated carbocycles. The first-order valence-corrected chi connectivity index (χ1v) is 9.66. The topological polar surface area (TPSA) is 78.4 Å². The van der Waals surface area contributed by atoms with Crippen molar-refractivity contribution in [2.45, 2.75) is 0 Å². The number of hydrogen-bond acceptors (Lipinski definition) is 6. The van der Waals surface area contributed by atoms with Gasteiger partial charge in [-0.25, -0.2) is 5.43 Å². The molecule has 0 spiro atoms. The second-order valence-corrected chi connectivity index (χ2v) is 6.67. The van der Waals surface area contributed by atoms with Gasteiger partial charge in [-0.3, -0.25) is 4.79 Å². The van der Waals surface area contributed by atoms with Gasteiger partial charge in [0.2, 0.25) is 0 Å². The van der Waals surface area contributed by atoms with Gasteiger partial charge in [-0.15, -0.1) is 0 Å². The second kappa shape index (κ2) is 11.7. The Morgan fingerprint density at radius 2 is 1.77 bits per heavy atom. The third kappa shape index (κ3) is 6.38. The molecule has 0 unspecified atom stereocenters. The van der Waals surface area contributed by atoms with Crippen molar-refractivity contribution < 1.29 is 23.7 Å². The lowest BCUT2D eigenvalue weighted by Crippen LogP contribution is -2.14. The van der Waals surface area contributed by atoms with E-state index in [1.807, 2.05) is 6.07 Å². The molecule has 0 heterocycles. The number of nitrogens with zero attached hydrogens (tertiary/aromatic N) is 1. The van der Waals surface area contributed by atoms with Crippen molar-refractivity contribution in [3.05, 3.63) is 64.7 Å². The highest BCUT2D eigenvalue weighted by molar-refractivity contribution is 9.10. The first kappa shape index (κ1) is 23.0. The van der Waals surface area contributed by atoms with Crippen molar-refractivity contribution in [1.82, 2.24) is 5.43 Å². The van der Waals surface area contributed by atoms with Crippen LogP contribution < -0.4 is 24.4 Å². The molecule has 2 aromatic carbocycles. The van der Waals surface area contributed by atoms with Crippen LogP contribution in [0.1, 0.15) is 11.1 Å². The number of benzene rings is 2. The summed E-state index contributed by atoms with van der Waals surface area (Å²) in [6.45, 7) is 3.98. The molecule has 30 heavy (non-hydrogen) atoms. The van der Waals surface area contributed by atoms with Crippen LogP contribution in [0.5, 0.6) is 23.0 Å². The van der Waals surface area contributed by atoms with Crippen LogP contribution in [-0.4, -0.2) is 40.1 Å². The van der Waals surface area contributed by atoms with Crippen molar-refractivity contribution in [3.8, 4) is 23.0 Å². The van der Waals surface area contributed by atoms with Crippen molar-refractivity contribution >= 4 is 34.1 Å². The molecule has 0 aromatic heterocycles. The molecule has 0 fully saturated rings. The molecular weight excluding hydrogens is 452 g/mol. The third-order valence-corrected chi connectivity index (χ3v) is 4.41. The van der Waals surface area contributed by atoms with Gasteiger partial charge in [-0.2, -0.15) is 5.10 Å². The van der Waals surface area contributed by atoms with Crippen molar-refractivity contribution in [2.75, 3.05) is 27.9 Å². The molecule has 0 aliphatic rings. The van der Waals surface area contributed by atoms with E-state index in [9.17, 15) is 4.79 Å². The van der Waals surface area contributed by atoms with Gasteiger partial charge in [0.15, 0.2) is 23.0 Å². The fourth-order valence-electron chi connectivity index (χ4n) is 2.43. The van der Waals surface area contributed by atoms with Gasteiger partial charge in [0.05, 0.1) is 32.0 Å². The Balaban J connectivity index is 2.03. The number of carbonyl (C=O) groups excluding carboxylic acids is 1. The molecule has 0 aliphatic carbocycles. The summed E-state index contributed by atoms with van der Waals surface area (Å²) < 4.78 is 22.1. The molecular formula is C22H23BrN2O5. The number of nitrogens with one attached hydrogen (secondary N) is 1. The fourth-order valence-corrected chi connectivity index (χ4v) is 3.01. The Morgan fingerprint density at radius 1 is 1.07 bits per heavy atom. The van der Waals surface area contributed by atoms with Crippen molar-refractivity contribution in [1.29, 1.82) is 0 Å². The van der Waals surface area contributed by atoms with Crippen LogP contribution in [-0.2, 0) is 4.79 Å². The summed E-state index contributed by atoms with van der Waals surface area (Å²) in [5.74, 6) is 1.92. The Hall–Kier alpha value is -3.26. The van der Waals surface area contributed by atoms with Gasteiger partial charge in [-0.05, 0) is 57.4 Å². The normalized spacial score (nSPS) is 10.8. The summed E-state index contributed by atoms with van der Waals surface area (Å²) in [4.78, 5) is 12.0. The summed E-state index contributed by atoms with van der Waals surface area (Å²) in [5, 5.41) is 3.97. The van der Waals surface area contributed by atoms with Crippen LogP contribution in [0.25, 0.3) is 6.08 Å². The number of hydrazone groups is 1. The third-order valence-electron chi connectivity index (χ3n) is 3.82. The van der Waals surface area contributed by atoms with Crippen LogP contribution in [0, 0.1) is 0 Å². The number of amides is 1. The highest BCUT2D eigenvalue weighted by atomic mass is 79.9. The highest BCUT2D eigenvalue weighted by Crippen LogP contribution is 2.36. The zero-order valence-electron chi connectivity index (χ0n) is 17.0. The number of ether oxygens (including phenoxy) is 4. The lowest BCUT2D eigenvalue weighted by molar-refractivity contribution is -0.116. The standard InChI is InChI=1S/C22H23BrN2O5/c1-5-10-30-22-17(23)11-16(13-20(22)29-4)14-24-25-21(26)9-7-15-6-8-18(27-2)19(12-15)28-3/h5-9,11-14H,1,10H2,2-4H3,(H,25,26)/b9-7+,24-14-. The molecule has 158 valence electrons. The van der Waals surface area contributed by atoms with E-state index in [4.69, 9.17) is 18.9 Å². The smallest absolute Gasteiger partial charge is 0.264 e. The van der Waals surface area contributed by atoms with Gasteiger partial charge in [0.25, 0.3) is 5.91 Å². The van der Waals surface area contributed by atoms with Crippen LogP contribution in [0.3, 0.4) is 0 Å². The van der Waals surface area contributed by atoms with Gasteiger partial charge >= 0.3 is 0 Å². The zero-order chi connectivity index (χ0) is 21.9. The number of methoxy groups -OCH3 is 3. The first-order chi connectivity index (χ1) is 14.5. The van der Waals surface area contributed by atoms with E-state index in [0.717, 1.165) is 5.56 Å². The average molecular weight is 475 g/mol. The van der Waals surface area contributed by atoms with Crippen LogP contribution >= 0.6 is 15.9 Å². The Morgan fingerprint density at radius 3 is 2.43 bits per heavy atom. The van der Waals surface area contributed by atoms with E-state index in [1.165, 1.54) is 12.3 Å². The number of halogens is 1. The maximum absolute atomic E-state index is 12.0. The maximum Gasteiger partial charge on any atom is 0.264 e. The SMILES string of the molecule is C=CCOc1c(Br)cc(/C=N\NC(=O)/C=C/c2ccc(OC)c(OC)c2)cc1OC. The largest absolute Gasteiger partial charge is 0.493 e. The molecule has 0 aliphatic heterocycles. The molecule has 2 rings (SSSR count). The van der Waals surface area contributed by atoms with Gasteiger partial charge in [0, 0.05) is 6.08 Å². The second-order valence-electron chi connectivity index (χ2n) is 5.82. The fraction of sp³-hybridized carbons (Fsp3) is 0.182. The molecule has 8 heteroatoms. The molecule has 0 atom stereocenters. The molecule has 0 saturated heterocycles. The zero-order valence-corrected chi connectivity index (χ0v) is 18.6. The average Bonchev–Trinajstić information content (AvgIpc) is 2.76. The van der Waals surface area contributed by atoms with Crippen molar-refractivity contribution in [3.63, 3.8) is 0 Å². The van der Waals surface area contributed by atoms with E-state index in [1.54, 1.807) is 57.7 Å². The summed E-state index contributed by atoms with van der Waals surface area (Å²) in [7, 11) is 4.66. The Labute approximate surface area is 184 Å².